The van der Waals surface area contributed by atoms with Crippen LogP contribution in [0, 0.1) is 5.41 Å². The van der Waals surface area contributed by atoms with Crippen LogP contribution in [0.25, 0.3) is 17.2 Å². The number of nitrogens with one attached hydrogen (secondary N) is 1. The topological polar surface area (TPSA) is 118 Å². The summed E-state index contributed by atoms with van der Waals surface area (Å²) in [4.78, 5) is 45.6. The van der Waals surface area contributed by atoms with Gasteiger partial charge in [-0.2, -0.15) is 0 Å². The van der Waals surface area contributed by atoms with Crippen molar-refractivity contribution >= 4 is 29.8 Å². The number of rotatable bonds is 1. The average molecular weight is 532 g/mol. The lowest BCUT2D eigenvalue weighted by Gasteiger charge is -2.34. The highest BCUT2D eigenvalue weighted by atomic mass is 16.6. The van der Waals surface area contributed by atoms with Gasteiger partial charge in [0.2, 0.25) is 5.91 Å². The van der Waals surface area contributed by atoms with Gasteiger partial charge in [0.25, 0.3) is 0 Å². The van der Waals surface area contributed by atoms with Gasteiger partial charge in [-0.25, -0.2) is 9.59 Å². The highest BCUT2D eigenvalue weighted by molar-refractivity contribution is 6.24. The number of fused-ring (bicyclic) bond motifs is 6. The maximum Gasteiger partial charge on any atom is 0.407 e. The first-order valence-corrected chi connectivity index (χ1v) is 13.2. The van der Waals surface area contributed by atoms with Crippen LogP contribution in [0.5, 0.6) is 0 Å². The van der Waals surface area contributed by atoms with E-state index in [4.69, 9.17) is 9.57 Å². The number of nitrogens with zero attached hydrogens (tertiary/aromatic N) is 2. The van der Waals surface area contributed by atoms with Crippen molar-refractivity contribution in [3.05, 3.63) is 65.2 Å². The minimum absolute atomic E-state index is 0.0349. The zero-order valence-electron chi connectivity index (χ0n) is 22.3. The number of aliphatic carboxylic acids is 1. The summed E-state index contributed by atoms with van der Waals surface area (Å²) >= 11 is 0. The number of carboxylic acid groups (broad SMARTS) is 1. The Morgan fingerprint density at radius 2 is 1.82 bits per heavy atom. The van der Waals surface area contributed by atoms with Gasteiger partial charge in [0.05, 0.1) is 13.2 Å². The molecule has 2 aliphatic heterocycles. The number of alkyl carbamates (subject to hydrolysis) is 1. The van der Waals surface area contributed by atoms with E-state index in [0.717, 1.165) is 27.8 Å². The Labute approximate surface area is 227 Å². The molecule has 2 aromatic rings. The standard InChI is InChI=1S/C30H33N3O6/c1-30(2,3)26-27(34)33-17-19(16-24(33)28(35)36)39-32-25-22-11-7-6-10-20(22)21-13-12-18(15-23(21)25)9-5-4-8-14-38-29(37)31-26/h5-7,9-13,15,19,24,26H,4,8,14,16-17H2,1-3H3,(H,31,37)(H,35,36)/b9-5+,32-25?/t19-,24+,26-/m1/s1. The highest BCUT2D eigenvalue weighted by Gasteiger charge is 2.46. The van der Waals surface area contributed by atoms with Crippen molar-refractivity contribution in [1.82, 2.24) is 10.2 Å². The van der Waals surface area contributed by atoms with E-state index in [2.05, 4.69) is 22.6 Å². The van der Waals surface area contributed by atoms with E-state index in [0.29, 0.717) is 18.6 Å². The van der Waals surface area contributed by atoms with E-state index in [1.807, 2.05) is 63.3 Å². The van der Waals surface area contributed by atoms with Crippen molar-refractivity contribution in [2.45, 2.75) is 58.2 Å². The fourth-order valence-corrected chi connectivity index (χ4v) is 5.30. The third-order valence-electron chi connectivity index (χ3n) is 7.33. The Balaban J connectivity index is 1.52. The molecule has 2 N–H and O–H groups in total. The smallest absolute Gasteiger partial charge is 0.407 e. The molecule has 3 aliphatic rings. The summed E-state index contributed by atoms with van der Waals surface area (Å²) in [6.07, 6.45) is 4.12. The van der Waals surface area contributed by atoms with Crippen LogP contribution in [-0.2, 0) is 19.2 Å². The van der Waals surface area contributed by atoms with Crippen molar-refractivity contribution in [2.75, 3.05) is 13.2 Å². The lowest BCUT2D eigenvalue weighted by Crippen LogP contribution is -2.56. The number of hydrogen-bond acceptors (Lipinski definition) is 6. The van der Waals surface area contributed by atoms with Crippen molar-refractivity contribution in [1.29, 1.82) is 0 Å². The molecule has 0 unspecified atom stereocenters. The van der Waals surface area contributed by atoms with Gasteiger partial charge in [0.1, 0.15) is 23.9 Å². The normalized spacial score (nSPS) is 24.2. The van der Waals surface area contributed by atoms with E-state index in [1.165, 1.54) is 4.90 Å². The monoisotopic (exact) mass is 531 g/mol. The van der Waals surface area contributed by atoms with E-state index < -0.39 is 41.6 Å². The van der Waals surface area contributed by atoms with E-state index in [-0.39, 0.29) is 19.6 Å². The second-order valence-corrected chi connectivity index (χ2v) is 11.2. The van der Waals surface area contributed by atoms with Gasteiger partial charge < -0.3 is 24.9 Å². The Kier molecular flexibility index (Phi) is 7.16. The number of cyclic esters (lactones) is 1. The van der Waals surface area contributed by atoms with Crippen LogP contribution in [0.3, 0.4) is 0 Å². The fourth-order valence-electron chi connectivity index (χ4n) is 5.30. The molecule has 2 aromatic carbocycles. The summed E-state index contributed by atoms with van der Waals surface area (Å²) in [5.41, 5.74) is 4.97. The second-order valence-electron chi connectivity index (χ2n) is 11.2. The zero-order chi connectivity index (χ0) is 27.7. The molecule has 1 aliphatic carbocycles. The minimum atomic E-state index is -1.13. The third-order valence-corrected chi connectivity index (χ3v) is 7.33. The number of allylic oxidation sites excluding steroid dienone is 1. The van der Waals surface area contributed by atoms with Gasteiger partial charge in [0.15, 0.2) is 0 Å². The molecular weight excluding hydrogens is 498 g/mol. The molecule has 0 spiro atoms. The summed E-state index contributed by atoms with van der Waals surface area (Å²) in [6, 6.07) is 12.1. The van der Waals surface area contributed by atoms with Crippen LogP contribution in [-0.4, -0.2) is 65.0 Å². The van der Waals surface area contributed by atoms with Crippen molar-refractivity contribution in [2.24, 2.45) is 10.6 Å². The molecule has 3 atom stereocenters. The van der Waals surface area contributed by atoms with Crippen LogP contribution in [0.4, 0.5) is 4.79 Å². The minimum Gasteiger partial charge on any atom is -0.480 e. The predicted octanol–water partition coefficient (Wildman–Crippen LogP) is 4.44. The number of oxime groups is 1. The molecule has 1 fully saturated rings. The van der Waals surface area contributed by atoms with Crippen LogP contribution >= 0.6 is 0 Å². The SMILES string of the molecule is CC(C)(C)[C@@H]1NC(=O)OCCC/C=C/c2ccc3c(c2)C(=NO[C@@H]2C[C@@H](C(=O)O)N(C2)C1=O)c1ccccc1-3. The lowest BCUT2D eigenvalue weighted by molar-refractivity contribution is -0.150. The Hall–Kier alpha value is -4.14. The highest BCUT2D eigenvalue weighted by Crippen LogP contribution is 2.38. The summed E-state index contributed by atoms with van der Waals surface area (Å²) in [5.74, 6) is -1.62. The summed E-state index contributed by atoms with van der Waals surface area (Å²) in [7, 11) is 0. The summed E-state index contributed by atoms with van der Waals surface area (Å²) in [6.45, 7) is 5.66. The maximum atomic E-state index is 13.7. The molecule has 0 saturated carbocycles. The quantitative estimate of drug-likeness (QED) is 0.480. The van der Waals surface area contributed by atoms with Crippen LogP contribution in [0.15, 0.2) is 53.7 Å². The molecule has 9 nitrogen and oxygen atoms in total. The van der Waals surface area contributed by atoms with E-state index in [9.17, 15) is 19.5 Å². The van der Waals surface area contributed by atoms with E-state index >= 15 is 0 Å². The number of ether oxygens (including phenoxy) is 1. The molecule has 4 bridgehead atoms. The number of carbonyl (C=O) groups excluding carboxylic acids is 2. The van der Waals surface area contributed by atoms with Crippen molar-refractivity contribution in [3.8, 4) is 11.1 Å². The first kappa shape index (κ1) is 26.5. The largest absolute Gasteiger partial charge is 0.480 e. The molecule has 9 heteroatoms. The van der Waals surface area contributed by atoms with Crippen LogP contribution < -0.4 is 5.32 Å². The van der Waals surface area contributed by atoms with Gasteiger partial charge in [-0.3, -0.25) is 4.79 Å². The maximum absolute atomic E-state index is 13.7. The molecule has 0 aromatic heterocycles. The van der Waals surface area contributed by atoms with Gasteiger partial charge in [-0.15, -0.1) is 0 Å². The molecule has 2 amide bonds. The number of carbonyl (C=O) groups is 3. The number of amides is 2. The van der Waals surface area contributed by atoms with Crippen LogP contribution in [0.1, 0.15) is 56.7 Å². The van der Waals surface area contributed by atoms with Crippen LogP contribution in [0.2, 0.25) is 0 Å². The molecule has 0 radical (unpaired) electrons. The summed E-state index contributed by atoms with van der Waals surface area (Å²) < 4.78 is 5.34. The van der Waals surface area contributed by atoms with Gasteiger partial charge in [-0.1, -0.05) is 74.5 Å². The van der Waals surface area contributed by atoms with Gasteiger partial charge in [0, 0.05) is 17.5 Å². The fraction of sp³-hybridized carbons (Fsp3) is 0.400. The molecule has 5 rings (SSSR count). The van der Waals surface area contributed by atoms with Gasteiger partial charge >= 0.3 is 12.1 Å². The molecule has 204 valence electrons. The molecule has 2 heterocycles. The first-order valence-electron chi connectivity index (χ1n) is 13.2. The first-order chi connectivity index (χ1) is 18.6. The summed E-state index contributed by atoms with van der Waals surface area (Å²) in [5, 5.41) is 17.1. The Morgan fingerprint density at radius 3 is 2.56 bits per heavy atom. The van der Waals surface area contributed by atoms with Gasteiger partial charge in [-0.05, 0) is 41.0 Å². The second kappa shape index (κ2) is 10.6. The molecule has 39 heavy (non-hydrogen) atoms. The molecular formula is C30H33N3O6. The number of carboxylic acids is 1. The van der Waals surface area contributed by atoms with Crippen molar-refractivity contribution < 1.29 is 29.1 Å². The molecule has 1 saturated heterocycles. The Morgan fingerprint density at radius 1 is 1.08 bits per heavy atom. The number of benzene rings is 2. The van der Waals surface area contributed by atoms with E-state index in [1.54, 1.807) is 0 Å². The Bertz CT molecular complexity index is 1360. The predicted molar refractivity (Wildman–Crippen MR) is 146 cm³/mol. The number of hydrogen-bond donors (Lipinski definition) is 2. The lowest BCUT2D eigenvalue weighted by atomic mass is 9.85. The zero-order valence-corrected chi connectivity index (χ0v) is 22.3. The van der Waals surface area contributed by atoms with Crippen molar-refractivity contribution in [3.63, 3.8) is 0 Å². The third kappa shape index (κ3) is 5.39. The average Bonchev–Trinajstić information content (AvgIpc) is 3.46.